The van der Waals surface area contributed by atoms with E-state index in [4.69, 9.17) is 9.47 Å². The number of ether oxygens (including phenoxy) is 2. The number of carbonyl (C=O) groups excluding carboxylic acids is 4. The van der Waals surface area contributed by atoms with E-state index in [0.29, 0.717) is 18.4 Å². The number of benzene rings is 2. The van der Waals surface area contributed by atoms with Gasteiger partial charge in [0.05, 0.1) is 0 Å². The summed E-state index contributed by atoms with van der Waals surface area (Å²) in [5, 5.41) is 5.58. The van der Waals surface area contributed by atoms with Crippen LogP contribution >= 0.6 is 12.6 Å². The summed E-state index contributed by atoms with van der Waals surface area (Å²) in [6.45, 7) is 12.4. The number of amides is 3. The van der Waals surface area contributed by atoms with E-state index < -0.39 is 53.2 Å². The minimum absolute atomic E-state index is 0.00199. The topological polar surface area (TPSA) is 114 Å². The summed E-state index contributed by atoms with van der Waals surface area (Å²) in [6.07, 6.45) is 1.76. The van der Waals surface area contributed by atoms with Gasteiger partial charge < -0.3 is 25.0 Å². The molecule has 1 saturated carbocycles. The summed E-state index contributed by atoms with van der Waals surface area (Å²) in [7, 11) is 0. The molecule has 44 heavy (non-hydrogen) atoms. The molecular weight excluding hydrogens is 578 g/mol. The van der Waals surface area contributed by atoms with Crippen molar-refractivity contribution in [3.05, 3.63) is 71.3 Å². The van der Waals surface area contributed by atoms with Gasteiger partial charge in [-0.15, -0.1) is 0 Å². The van der Waals surface area contributed by atoms with E-state index in [2.05, 4.69) is 23.3 Å². The molecule has 2 aromatic carbocycles. The molecule has 3 unspecified atom stereocenters. The second-order valence-electron chi connectivity index (χ2n) is 13.3. The van der Waals surface area contributed by atoms with E-state index in [1.165, 1.54) is 0 Å². The summed E-state index contributed by atoms with van der Waals surface area (Å²) >= 11 is 4.37. The van der Waals surface area contributed by atoms with Gasteiger partial charge in [0, 0.05) is 18.2 Å². The van der Waals surface area contributed by atoms with Crippen LogP contribution in [0.5, 0.6) is 0 Å². The van der Waals surface area contributed by atoms with Crippen LogP contribution in [0.3, 0.4) is 0 Å². The first-order valence-corrected chi connectivity index (χ1v) is 15.8. The van der Waals surface area contributed by atoms with Crippen molar-refractivity contribution in [3.8, 4) is 0 Å². The first kappa shape index (κ1) is 35.0. The summed E-state index contributed by atoms with van der Waals surface area (Å²) in [5.74, 6) is -1.54. The number of carbonyl (C=O) groups is 4. The predicted octanol–water partition coefficient (Wildman–Crippen LogP) is 5.31. The van der Waals surface area contributed by atoms with Crippen molar-refractivity contribution in [2.24, 2.45) is 0 Å². The van der Waals surface area contributed by atoms with Gasteiger partial charge in [0.2, 0.25) is 11.8 Å². The van der Waals surface area contributed by atoms with Crippen LogP contribution in [0.25, 0.3) is 0 Å². The van der Waals surface area contributed by atoms with Crippen molar-refractivity contribution < 1.29 is 28.7 Å². The van der Waals surface area contributed by atoms with Gasteiger partial charge in [-0.1, -0.05) is 60.2 Å². The van der Waals surface area contributed by atoms with Gasteiger partial charge in [-0.2, -0.15) is 12.6 Å². The molecule has 3 rings (SSSR count). The predicted molar refractivity (Wildman–Crippen MR) is 173 cm³/mol. The lowest BCUT2D eigenvalue weighted by Gasteiger charge is -2.43. The zero-order chi connectivity index (χ0) is 32.7. The molecule has 1 aliphatic carbocycles. The van der Waals surface area contributed by atoms with Gasteiger partial charge >= 0.3 is 12.1 Å². The number of nitrogens with one attached hydrogen (secondary N) is 2. The van der Waals surface area contributed by atoms with Gasteiger partial charge in [-0.3, -0.25) is 9.59 Å². The lowest BCUT2D eigenvalue weighted by molar-refractivity contribution is -0.159. The third-order valence-electron chi connectivity index (χ3n) is 7.07. The van der Waals surface area contributed by atoms with Crippen molar-refractivity contribution >= 4 is 36.5 Å². The SMILES string of the molecule is Cc1cccc(C(C(=O)NC(Cc2ccccc2)C(=O)OC(C)(C)C)N(C(=O)C(CS)NC(=O)OC(C)(C)C)C2CCC2)c1. The van der Waals surface area contributed by atoms with Crippen molar-refractivity contribution in [2.45, 2.75) is 110 Å². The molecule has 0 aromatic heterocycles. The molecule has 240 valence electrons. The lowest BCUT2D eigenvalue weighted by atomic mass is 9.88. The van der Waals surface area contributed by atoms with Crippen molar-refractivity contribution in [2.75, 3.05) is 5.75 Å². The highest BCUT2D eigenvalue weighted by Gasteiger charge is 2.43. The first-order valence-electron chi connectivity index (χ1n) is 15.1. The van der Waals surface area contributed by atoms with Crippen LogP contribution in [0.15, 0.2) is 54.6 Å². The summed E-state index contributed by atoms with van der Waals surface area (Å²) in [4.78, 5) is 56.3. The first-order chi connectivity index (χ1) is 20.6. The number of hydrogen-bond acceptors (Lipinski definition) is 7. The molecule has 9 nitrogen and oxygen atoms in total. The molecule has 0 heterocycles. The van der Waals surface area contributed by atoms with E-state index in [0.717, 1.165) is 17.5 Å². The average Bonchev–Trinajstić information content (AvgIpc) is 2.88. The standard InChI is InChI=1S/C34H47N3O6S/c1-22-13-11-16-24(19-22)28(29(38)35-26(31(40)42-33(2,3)4)20-23-14-9-8-10-15-23)37(25-17-12-18-25)30(39)27(21-44)36-32(41)43-34(5,6)7/h8-11,13-16,19,25-28,44H,12,17-18,20-21H2,1-7H3,(H,35,38)(H,36,41). The number of alkyl carbamates (subject to hydrolysis) is 1. The number of esters is 1. The lowest BCUT2D eigenvalue weighted by Crippen LogP contribution is -2.59. The van der Waals surface area contributed by atoms with E-state index >= 15 is 0 Å². The molecule has 2 aromatic rings. The number of thiol groups is 1. The normalized spacial score (nSPS) is 15.6. The number of nitrogens with zero attached hydrogens (tertiary/aromatic N) is 1. The van der Waals surface area contributed by atoms with Crippen LogP contribution in [-0.4, -0.2) is 63.9 Å². The Morgan fingerprint density at radius 3 is 2.05 bits per heavy atom. The fraction of sp³-hybridized carbons (Fsp3) is 0.529. The second kappa shape index (κ2) is 15.0. The fourth-order valence-electron chi connectivity index (χ4n) is 4.94. The Kier molecular flexibility index (Phi) is 11.9. The molecule has 2 N–H and O–H groups in total. The zero-order valence-corrected chi connectivity index (χ0v) is 27.8. The maximum atomic E-state index is 14.4. The molecule has 0 radical (unpaired) electrons. The van der Waals surface area contributed by atoms with Crippen LogP contribution in [-0.2, 0) is 30.3 Å². The summed E-state index contributed by atoms with van der Waals surface area (Å²) < 4.78 is 11.1. The largest absolute Gasteiger partial charge is 0.458 e. The number of rotatable bonds is 11. The van der Waals surface area contributed by atoms with E-state index in [9.17, 15) is 19.2 Å². The molecule has 0 spiro atoms. The molecule has 0 saturated heterocycles. The molecule has 1 aliphatic rings. The highest BCUT2D eigenvalue weighted by Crippen LogP contribution is 2.34. The number of aryl methyl sites for hydroxylation is 1. The maximum Gasteiger partial charge on any atom is 0.408 e. The van der Waals surface area contributed by atoms with E-state index in [1.54, 1.807) is 52.5 Å². The molecule has 0 aliphatic heterocycles. The van der Waals surface area contributed by atoms with Gasteiger partial charge in [-0.05, 0) is 78.9 Å². The highest BCUT2D eigenvalue weighted by atomic mass is 32.1. The van der Waals surface area contributed by atoms with Crippen LogP contribution < -0.4 is 10.6 Å². The average molecular weight is 626 g/mol. The Labute approximate surface area is 266 Å². The number of hydrogen-bond donors (Lipinski definition) is 3. The molecule has 0 bridgehead atoms. The maximum absolute atomic E-state index is 14.4. The molecule has 1 fully saturated rings. The monoisotopic (exact) mass is 625 g/mol. The van der Waals surface area contributed by atoms with E-state index in [-0.39, 0.29) is 18.2 Å². The minimum Gasteiger partial charge on any atom is -0.458 e. The zero-order valence-electron chi connectivity index (χ0n) is 26.9. The summed E-state index contributed by atoms with van der Waals surface area (Å²) in [6, 6.07) is 13.4. The van der Waals surface area contributed by atoms with Crippen LogP contribution in [0.1, 0.15) is 83.5 Å². The van der Waals surface area contributed by atoms with Crippen LogP contribution in [0.4, 0.5) is 4.79 Å². The Bertz CT molecular complexity index is 1300. The Morgan fingerprint density at radius 2 is 1.52 bits per heavy atom. The summed E-state index contributed by atoms with van der Waals surface area (Å²) in [5.41, 5.74) is 0.821. The smallest absolute Gasteiger partial charge is 0.408 e. The molecular formula is C34H47N3O6S. The molecule has 10 heteroatoms. The van der Waals surface area contributed by atoms with Crippen molar-refractivity contribution in [1.82, 2.24) is 15.5 Å². The quantitative estimate of drug-likeness (QED) is 0.231. The van der Waals surface area contributed by atoms with Gasteiger partial charge in [0.15, 0.2) is 0 Å². The van der Waals surface area contributed by atoms with E-state index in [1.807, 2.05) is 55.5 Å². The highest BCUT2D eigenvalue weighted by molar-refractivity contribution is 7.80. The molecule has 3 amide bonds. The minimum atomic E-state index is -1.07. The Balaban J connectivity index is 2.02. The van der Waals surface area contributed by atoms with Crippen LogP contribution in [0.2, 0.25) is 0 Å². The van der Waals surface area contributed by atoms with Gasteiger partial charge in [-0.25, -0.2) is 9.59 Å². The van der Waals surface area contributed by atoms with Crippen molar-refractivity contribution in [1.29, 1.82) is 0 Å². The second-order valence-corrected chi connectivity index (χ2v) is 13.7. The Morgan fingerprint density at radius 1 is 0.886 bits per heavy atom. The third kappa shape index (κ3) is 10.3. The third-order valence-corrected chi connectivity index (χ3v) is 7.43. The van der Waals surface area contributed by atoms with Gasteiger partial charge in [0.25, 0.3) is 0 Å². The fourth-order valence-corrected chi connectivity index (χ4v) is 5.19. The van der Waals surface area contributed by atoms with Gasteiger partial charge in [0.1, 0.15) is 29.3 Å². The molecule has 3 atom stereocenters. The Hall–Kier alpha value is -3.53. The van der Waals surface area contributed by atoms with Crippen molar-refractivity contribution in [3.63, 3.8) is 0 Å². The van der Waals surface area contributed by atoms with Crippen LogP contribution in [0, 0.1) is 6.92 Å².